The summed E-state index contributed by atoms with van der Waals surface area (Å²) in [6, 6.07) is 42.0. The first-order valence-electron chi connectivity index (χ1n) is 22.6. The Kier molecular flexibility index (Phi) is 3.32. The van der Waals surface area contributed by atoms with E-state index in [1.54, 1.807) is 55.1 Å². The highest BCUT2D eigenvalue weighted by Crippen LogP contribution is 2.72. The lowest BCUT2D eigenvalue weighted by Crippen LogP contribution is -2.24. The zero-order chi connectivity index (χ0) is 38.4. The molecule has 16 aromatic carbocycles. The SMILES string of the molecule is C1=Cc2ccc3c4c5c6c7c3ccc3ccc8cc9cc%10ccc%11ccc%12c%13ccc%14ccc%15cc%16c%17c(c-5c5c%18c%19c(c9c(c8c37)C6%18)c%10c%11c%12c%19c3c5c%17c%15c%14c%133)C(C1=C%16)c24. The molecule has 2 atom stereocenters. The fourth-order valence-electron chi connectivity index (χ4n) is 16.9. The molecule has 0 spiro atoms. The van der Waals surface area contributed by atoms with Gasteiger partial charge in [0.25, 0.3) is 0 Å². The zero-order valence-electron chi connectivity index (χ0n) is 32.7. The second-order valence-electron chi connectivity index (χ2n) is 20.3. The lowest BCUT2D eigenvalue weighted by molar-refractivity contribution is 0.968. The predicted octanol–water partition coefficient (Wildman–Crippen LogP) is 16.8. The normalized spacial score (nSPS) is 18.4. The minimum atomic E-state index is 0.150. The molecule has 0 aromatic heterocycles. The Bertz CT molecular complexity index is 5300. The van der Waals surface area contributed by atoms with Gasteiger partial charge >= 0.3 is 0 Å². The first-order valence-corrected chi connectivity index (χ1v) is 22.6. The van der Waals surface area contributed by atoms with Crippen LogP contribution >= 0.6 is 0 Å². The molecule has 0 fully saturated rings. The van der Waals surface area contributed by atoms with Gasteiger partial charge in [0.1, 0.15) is 0 Å². The summed E-state index contributed by atoms with van der Waals surface area (Å²) < 4.78 is 0. The topological polar surface area (TPSA) is 0 Å². The average molecular weight is 767 g/mol. The summed E-state index contributed by atoms with van der Waals surface area (Å²) in [5, 5.41) is 44.1. The molecule has 0 saturated carbocycles. The summed E-state index contributed by atoms with van der Waals surface area (Å²) in [7, 11) is 0. The van der Waals surface area contributed by atoms with Crippen molar-refractivity contribution in [2.45, 2.75) is 11.8 Å². The van der Waals surface area contributed by atoms with Crippen molar-refractivity contribution in [3.05, 3.63) is 154 Å². The number of benzene rings is 16. The summed E-state index contributed by atoms with van der Waals surface area (Å²) in [5.41, 5.74) is 15.3. The maximum Gasteiger partial charge on any atom is 0.0378 e. The van der Waals surface area contributed by atoms with Crippen molar-refractivity contribution in [3.8, 4) is 11.1 Å². The Hall–Kier alpha value is -7.80. The van der Waals surface area contributed by atoms with E-state index in [0.29, 0.717) is 0 Å². The standard InChI is InChI=1S/C62H22/c1-5-25-17-29-18-26-6-2-23-11-15-33-34-16-12-24-4-8-28-20-30-19-27-7-3-22-10-14-32-31-13-9-21(1)35-39(25)49-43(29)50-40(26)37(23)47(33)55-56-48(34)38(24)42(28)52-44(30)51-41(27)36(22)46(32)54-53(45(31)35)57(49)61(59(50)55)62(58(51)54)60(52)56/h1-20,39,58H. The van der Waals surface area contributed by atoms with Crippen LogP contribution in [0, 0.1) is 0 Å². The Labute approximate surface area is 348 Å². The van der Waals surface area contributed by atoms with Crippen LogP contribution in [0.2, 0.25) is 0 Å². The molecule has 0 saturated heterocycles. The molecule has 270 valence electrons. The van der Waals surface area contributed by atoms with E-state index in [9.17, 15) is 0 Å². The molecule has 0 nitrogen and oxygen atoms in total. The molecule has 16 aromatic rings. The van der Waals surface area contributed by atoms with E-state index in [1.165, 1.54) is 162 Å². The maximum atomic E-state index is 2.59. The maximum absolute atomic E-state index is 2.59. The van der Waals surface area contributed by atoms with Crippen molar-refractivity contribution in [1.29, 1.82) is 0 Å². The van der Waals surface area contributed by atoms with Crippen LogP contribution in [0.4, 0.5) is 0 Å². The Morgan fingerprint density at radius 3 is 1.48 bits per heavy atom. The van der Waals surface area contributed by atoms with Crippen LogP contribution in [0.1, 0.15) is 50.8 Å². The molecule has 0 amide bonds. The van der Waals surface area contributed by atoms with Gasteiger partial charge in [-0.25, -0.2) is 0 Å². The fraction of sp³-hybridized carbons (Fsp3) is 0.0323. The highest BCUT2D eigenvalue weighted by Gasteiger charge is 2.49. The van der Waals surface area contributed by atoms with Crippen LogP contribution < -0.4 is 0 Å². The Morgan fingerprint density at radius 2 is 0.726 bits per heavy atom. The van der Waals surface area contributed by atoms with Crippen molar-refractivity contribution >= 4 is 174 Å². The van der Waals surface area contributed by atoms with Crippen LogP contribution in [0.15, 0.2) is 115 Å². The minimum Gasteiger partial charge on any atom is -0.0575 e. The second kappa shape index (κ2) is 7.59. The largest absolute Gasteiger partial charge is 0.0575 e. The number of hydrogen-bond acceptors (Lipinski definition) is 0. The Balaban J connectivity index is 1.25. The molecular formula is C62H22. The van der Waals surface area contributed by atoms with Gasteiger partial charge in [-0.2, -0.15) is 0 Å². The first-order chi connectivity index (χ1) is 30.8. The van der Waals surface area contributed by atoms with E-state index in [1.807, 2.05) is 0 Å². The van der Waals surface area contributed by atoms with E-state index in [-0.39, 0.29) is 11.8 Å². The third-order valence-electron chi connectivity index (χ3n) is 18.5. The molecule has 0 aliphatic heterocycles. The lowest BCUT2D eigenvalue weighted by Gasteiger charge is -2.46. The van der Waals surface area contributed by atoms with Gasteiger partial charge in [-0.15, -0.1) is 0 Å². The minimum absolute atomic E-state index is 0.150. The average Bonchev–Trinajstić information content (AvgIpc) is 3.31. The number of rotatable bonds is 0. The second-order valence-corrected chi connectivity index (χ2v) is 20.3. The van der Waals surface area contributed by atoms with Gasteiger partial charge in [-0.05, 0) is 235 Å². The van der Waals surface area contributed by atoms with E-state index >= 15 is 0 Å². The molecule has 0 bridgehead atoms. The fourth-order valence-corrected chi connectivity index (χ4v) is 16.9. The highest BCUT2D eigenvalue weighted by molar-refractivity contribution is 6.58. The van der Waals surface area contributed by atoms with Crippen LogP contribution in [-0.2, 0) is 0 Å². The summed E-state index contributed by atoms with van der Waals surface area (Å²) in [4.78, 5) is 0. The Morgan fingerprint density at radius 1 is 0.242 bits per heavy atom. The quantitative estimate of drug-likeness (QED) is 0.107. The summed E-state index contributed by atoms with van der Waals surface area (Å²) in [6.07, 6.45) is 7.50. The third kappa shape index (κ3) is 2.15. The van der Waals surface area contributed by atoms with Crippen molar-refractivity contribution in [3.63, 3.8) is 0 Å². The molecule has 62 heavy (non-hydrogen) atoms. The molecule has 2 unspecified atom stereocenters. The molecular weight excluding hydrogens is 745 g/mol. The van der Waals surface area contributed by atoms with Gasteiger partial charge in [-0.3, -0.25) is 0 Å². The van der Waals surface area contributed by atoms with Crippen LogP contribution in [0.25, 0.3) is 185 Å². The molecule has 0 heteroatoms. The van der Waals surface area contributed by atoms with Crippen molar-refractivity contribution in [1.82, 2.24) is 0 Å². The highest BCUT2D eigenvalue weighted by atomic mass is 14.5. The summed E-state index contributed by atoms with van der Waals surface area (Å²) in [6.45, 7) is 0. The smallest absolute Gasteiger partial charge is 0.0378 e. The molecule has 22 rings (SSSR count). The van der Waals surface area contributed by atoms with E-state index in [4.69, 9.17) is 0 Å². The number of fused-ring (bicyclic) bond motifs is 2. The van der Waals surface area contributed by atoms with E-state index in [0.717, 1.165) is 0 Å². The first kappa shape index (κ1) is 27.1. The number of allylic oxidation sites excluding steroid dienone is 2. The van der Waals surface area contributed by atoms with Crippen LogP contribution in [-0.4, -0.2) is 0 Å². The third-order valence-corrected chi connectivity index (χ3v) is 18.5. The molecule has 6 aliphatic carbocycles. The van der Waals surface area contributed by atoms with Gasteiger partial charge < -0.3 is 0 Å². The molecule has 0 radical (unpaired) electrons. The zero-order valence-corrected chi connectivity index (χ0v) is 32.7. The molecule has 0 N–H and O–H groups in total. The lowest BCUT2D eigenvalue weighted by atomic mass is 9.56. The van der Waals surface area contributed by atoms with Gasteiger partial charge in [0.2, 0.25) is 0 Å². The molecule has 6 aliphatic rings. The van der Waals surface area contributed by atoms with Crippen LogP contribution in [0.5, 0.6) is 0 Å². The van der Waals surface area contributed by atoms with E-state index < -0.39 is 0 Å². The predicted molar refractivity (Wildman–Crippen MR) is 264 cm³/mol. The molecule has 0 heterocycles. The van der Waals surface area contributed by atoms with Crippen LogP contribution in [0.3, 0.4) is 0 Å². The number of hydrogen-bond donors (Lipinski definition) is 0. The van der Waals surface area contributed by atoms with Crippen molar-refractivity contribution in [2.75, 3.05) is 0 Å². The van der Waals surface area contributed by atoms with Gasteiger partial charge in [0.05, 0.1) is 0 Å². The summed E-state index contributed by atoms with van der Waals surface area (Å²) in [5.74, 6) is 0.360. The summed E-state index contributed by atoms with van der Waals surface area (Å²) >= 11 is 0. The van der Waals surface area contributed by atoms with Crippen molar-refractivity contribution < 1.29 is 0 Å². The van der Waals surface area contributed by atoms with E-state index in [2.05, 4.69) is 121 Å². The van der Waals surface area contributed by atoms with Gasteiger partial charge in [-0.1, -0.05) is 103 Å². The van der Waals surface area contributed by atoms with Gasteiger partial charge in [0.15, 0.2) is 0 Å². The van der Waals surface area contributed by atoms with Gasteiger partial charge in [0, 0.05) is 11.8 Å². The monoisotopic (exact) mass is 766 g/mol. The van der Waals surface area contributed by atoms with Crippen molar-refractivity contribution in [2.24, 2.45) is 0 Å².